The van der Waals surface area contributed by atoms with Crippen molar-refractivity contribution < 1.29 is 40.6 Å². The van der Waals surface area contributed by atoms with Crippen LogP contribution in [0.25, 0.3) is 5.76 Å². The fraction of sp³-hybridized carbons (Fsp3) is 0.250. The Morgan fingerprint density at radius 3 is 1.86 bits per heavy atom. The van der Waals surface area contributed by atoms with Crippen molar-refractivity contribution in [3.63, 3.8) is 0 Å². The smallest absolute Gasteiger partial charge is 0.460 e. The standard InChI is InChI=1S/C12H6BrF7O2/c13-7-3-1-6(2-4-7)8(21)5-9(22)10(14,15)11(16,17)12(18,19)20/h1-5,21H/b8-5-. The lowest BCUT2D eigenvalue weighted by Crippen LogP contribution is -2.55. The summed E-state index contributed by atoms with van der Waals surface area (Å²) in [4.78, 5) is 11.0. The predicted molar refractivity (Wildman–Crippen MR) is 65.7 cm³/mol. The molecular weight excluding hydrogens is 389 g/mol. The third-order valence-electron chi connectivity index (χ3n) is 2.47. The van der Waals surface area contributed by atoms with Gasteiger partial charge in [-0.2, -0.15) is 30.7 Å². The molecule has 122 valence electrons. The second-order valence-corrected chi connectivity index (χ2v) is 4.96. The van der Waals surface area contributed by atoms with E-state index in [1.807, 2.05) is 0 Å². The highest BCUT2D eigenvalue weighted by Gasteiger charge is 2.75. The van der Waals surface area contributed by atoms with Gasteiger partial charge in [-0.3, -0.25) is 4.79 Å². The number of rotatable bonds is 4. The maximum absolute atomic E-state index is 13.0. The number of allylic oxidation sites excluding steroid dienone is 1. The topological polar surface area (TPSA) is 37.3 Å². The summed E-state index contributed by atoms with van der Waals surface area (Å²) in [6.07, 6.45) is -6.99. The minimum absolute atomic E-state index is 0.220. The van der Waals surface area contributed by atoms with Crippen LogP contribution < -0.4 is 0 Å². The third kappa shape index (κ3) is 3.42. The van der Waals surface area contributed by atoms with Crippen LogP contribution in [-0.4, -0.2) is 28.9 Å². The maximum Gasteiger partial charge on any atom is 0.460 e. The van der Waals surface area contributed by atoms with E-state index >= 15 is 0 Å². The van der Waals surface area contributed by atoms with Crippen molar-refractivity contribution in [3.05, 3.63) is 40.4 Å². The molecule has 0 amide bonds. The summed E-state index contributed by atoms with van der Waals surface area (Å²) in [5.74, 6) is -16.6. The molecular formula is C12H6BrF7O2. The van der Waals surface area contributed by atoms with Gasteiger partial charge in [0.2, 0.25) is 5.78 Å². The molecule has 0 bridgehead atoms. The first-order valence-electron chi connectivity index (χ1n) is 5.34. The first kappa shape index (κ1) is 18.5. The minimum atomic E-state index is -6.62. The first-order valence-corrected chi connectivity index (χ1v) is 6.13. The molecule has 0 unspecified atom stereocenters. The summed E-state index contributed by atoms with van der Waals surface area (Å²) in [7, 11) is 0. The molecule has 1 aromatic rings. The van der Waals surface area contributed by atoms with E-state index in [0.29, 0.717) is 4.47 Å². The monoisotopic (exact) mass is 394 g/mol. The quantitative estimate of drug-likeness (QED) is 0.454. The van der Waals surface area contributed by atoms with Gasteiger partial charge in [0, 0.05) is 16.1 Å². The number of aliphatic hydroxyl groups excluding tert-OH is 1. The molecule has 2 nitrogen and oxygen atoms in total. The van der Waals surface area contributed by atoms with Crippen LogP contribution in [0.1, 0.15) is 5.56 Å². The summed E-state index contributed by atoms with van der Waals surface area (Å²) >= 11 is 3.01. The summed E-state index contributed by atoms with van der Waals surface area (Å²) in [5.41, 5.74) is -0.220. The van der Waals surface area contributed by atoms with E-state index in [0.717, 1.165) is 12.1 Å². The summed E-state index contributed by atoms with van der Waals surface area (Å²) in [6, 6.07) is 4.91. The van der Waals surface area contributed by atoms with Gasteiger partial charge in [0.1, 0.15) is 5.76 Å². The number of halogens is 8. The fourth-order valence-electron chi connectivity index (χ4n) is 1.25. The Kier molecular flexibility index (Phi) is 4.95. The van der Waals surface area contributed by atoms with Crippen LogP contribution >= 0.6 is 15.9 Å². The fourth-order valence-corrected chi connectivity index (χ4v) is 1.52. The molecule has 10 heteroatoms. The normalized spacial score (nSPS) is 14.1. The second kappa shape index (κ2) is 5.90. The van der Waals surface area contributed by atoms with Crippen LogP contribution in [0.15, 0.2) is 34.8 Å². The van der Waals surface area contributed by atoms with Crippen molar-refractivity contribution >= 4 is 27.5 Å². The molecule has 0 fully saturated rings. The van der Waals surface area contributed by atoms with Crippen molar-refractivity contribution in [1.82, 2.24) is 0 Å². The SMILES string of the molecule is O=C(/C=C(\O)c1ccc(Br)cc1)C(F)(F)C(F)(F)C(F)(F)F. The molecule has 0 aromatic heterocycles. The Labute approximate surface area is 127 Å². The third-order valence-corrected chi connectivity index (χ3v) is 3.00. The average Bonchev–Trinajstić information content (AvgIpc) is 2.37. The Morgan fingerprint density at radius 1 is 1.00 bits per heavy atom. The van der Waals surface area contributed by atoms with Crippen molar-refractivity contribution in [2.24, 2.45) is 0 Å². The van der Waals surface area contributed by atoms with E-state index in [1.54, 1.807) is 0 Å². The predicted octanol–water partition coefficient (Wildman–Crippen LogP) is 4.75. The van der Waals surface area contributed by atoms with E-state index in [-0.39, 0.29) is 11.6 Å². The van der Waals surface area contributed by atoms with Crippen molar-refractivity contribution in [2.75, 3.05) is 0 Å². The Bertz CT molecular complexity index is 590. The molecule has 1 aromatic carbocycles. The molecule has 0 saturated carbocycles. The second-order valence-electron chi connectivity index (χ2n) is 4.05. The van der Waals surface area contributed by atoms with E-state index in [1.165, 1.54) is 12.1 Å². The Morgan fingerprint density at radius 2 is 1.45 bits per heavy atom. The average molecular weight is 395 g/mol. The van der Waals surface area contributed by atoms with Crippen LogP contribution in [0.3, 0.4) is 0 Å². The van der Waals surface area contributed by atoms with Crippen LogP contribution in [0, 0.1) is 0 Å². The zero-order valence-electron chi connectivity index (χ0n) is 10.3. The van der Waals surface area contributed by atoms with Crippen molar-refractivity contribution in [1.29, 1.82) is 0 Å². The summed E-state index contributed by atoms with van der Waals surface area (Å²) in [5, 5.41) is 9.38. The number of ketones is 1. The molecule has 0 saturated heterocycles. The van der Waals surface area contributed by atoms with Crippen LogP contribution in [0.5, 0.6) is 0 Å². The van der Waals surface area contributed by atoms with Gasteiger partial charge in [0.05, 0.1) is 0 Å². The van der Waals surface area contributed by atoms with Gasteiger partial charge in [0.15, 0.2) is 0 Å². The molecule has 1 rings (SSSR count). The van der Waals surface area contributed by atoms with E-state index in [9.17, 15) is 40.6 Å². The lowest BCUT2D eigenvalue weighted by Gasteiger charge is -2.26. The molecule has 0 heterocycles. The number of aliphatic hydroxyl groups is 1. The number of alkyl halides is 7. The molecule has 1 N–H and O–H groups in total. The minimum Gasteiger partial charge on any atom is -0.507 e. The van der Waals surface area contributed by atoms with Crippen LogP contribution in [0.4, 0.5) is 30.7 Å². The van der Waals surface area contributed by atoms with E-state index in [2.05, 4.69) is 15.9 Å². The molecule has 0 aliphatic carbocycles. The summed E-state index contributed by atoms with van der Waals surface area (Å²) in [6.45, 7) is 0. The maximum atomic E-state index is 13.0. The van der Waals surface area contributed by atoms with Crippen LogP contribution in [0.2, 0.25) is 0 Å². The highest BCUT2D eigenvalue weighted by Crippen LogP contribution is 2.47. The van der Waals surface area contributed by atoms with Crippen molar-refractivity contribution in [3.8, 4) is 0 Å². The highest BCUT2D eigenvalue weighted by atomic mass is 79.9. The largest absolute Gasteiger partial charge is 0.507 e. The molecule has 22 heavy (non-hydrogen) atoms. The zero-order valence-corrected chi connectivity index (χ0v) is 11.9. The number of hydrogen-bond donors (Lipinski definition) is 1. The van der Waals surface area contributed by atoms with Gasteiger partial charge < -0.3 is 5.11 Å². The Balaban J connectivity index is 3.14. The zero-order chi connectivity index (χ0) is 17.3. The van der Waals surface area contributed by atoms with Gasteiger partial charge in [0.25, 0.3) is 0 Å². The molecule has 0 spiro atoms. The number of benzene rings is 1. The van der Waals surface area contributed by atoms with Crippen LogP contribution in [-0.2, 0) is 4.79 Å². The number of carbonyl (C=O) groups excluding carboxylic acids is 1. The summed E-state index contributed by atoms with van der Waals surface area (Å²) < 4.78 is 87.7. The van der Waals surface area contributed by atoms with E-state index < -0.39 is 29.6 Å². The Hall–Kier alpha value is -1.58. The van der Waals surface area contributed by atoms with E-state index in [4.69, 9.17) is 0 Å². The highest BCUT2D eigenvalue weighted by molar-refractivity contribution is 9.10. The lowest BCUT2D eigenvalue weighted by molar-refractivity contribution is -0.342. The van der Waals surface area contributed by atoms with Crippen molar-refractivity contribution in [2.45, 2.75) is 18.0 Å². The molecule has 0 aliphatic heterocycles. The van der Waals surface area contributed by atoms with Gasteiger partial charge in [-0.15, -0.1) is 0 Å². The number of hydrogen-bond acceptors (Lipinski definition) is 2. The van der Waals surface area contributed by atoms with Gasteiger partial charge >= 0.3 is 18.0 Å². The van der Waals surface area contributed by atoms with Gasteiger partial charge in [-0.1, -0.05) is 28.1 Å². The molecule has 0 atom stereocenters. The first-order chi connectivity index (χ1) is 9.80. The van der Waals surface area contributed by atoms with Gasteiger partial charge in [-0.05, 0) is 12.1 Å². The molecule has 0 radical (unpaired) electrons. The molecule has 0 aliphatic rings. The lowest BCUT2D eigenvalue weighted by atomic mass is 10.0. The number of carbonyl (C=O) groups is 1. The van der Waals surface area contributed by atoms with Gasteiger partial charge in [-0.25, -0.2) is 0 Å².